The van der Waals surface area contributed by atoms with Crippen molar-refractivity contribution in [3.05, 3.63) is 23.0 Å². The Labute approximate surface area is 115 Å². The fraction of sp³-hybridized carbons (Fsp3) is 0.667. The van der Waals surface area contributed by atoms with Crippen LogP contribution in [0.2, 0.25) is 0 Å². The van der Waals surface area contributed by atoms with Crippen LogP contribution in [-0.4, -0.2) is 21.9 Å². The zero-order valence-corrected chi connectivity index (χ0v) is 12.9. The van der Waals surface area contributed by atoms with Crippen molar-refractivity contribution in [3.8, 4) is 0 Å². The Kier molecular flexibility index (Phi) is 6.55. The average Bonchev–Trinajstić information content (AvgIpc) is 2.64. The number of hydrogen-bond acceptors (Lipinski definition) is 2. The number of thioether (sulfide) groups is 1. The Balaban J connectivity index is 2.52. The number of aryl methyl sites for hydroxylation is 1. The Bertz CT molecular complexity index is 395. The molecule has 0 bridgehead atoms. The van der Waals surface area contributed by atoms with Crippen LogP contribution in [0.3, 0.4) is 0 Å². The smallest absolute Gasteiger partial charge is 0.174 e. The molecule has 0 N–H and O–H groups in total. The van der Waals surface area contributed by atoms with Crippen molar-refractivity contribution in [2.24, 2.45) is 0 Å². The molecule has 0 aliphatic rings. The first-order valence-corrected chi connectivity index (χ1v) is 8.04. The SMILES string of the molecule is CCCCCSCC(=O)c1cc(C)n(CC)c1C. The predicted octanol–water partition coefficient (Wildman–Crippen LogP) is 4.23. The molecular weight excluding hydrogens is 242 g/mol. The molecule has 0 aromatic carbocycles. The van der Waals surface area contributed by atoms with Gasteiger partial charge in [0.2, 0.25) is 0 Å². The van der Waals surface area contributed by atoms with E-state index in [-0.39, 0.29) is 5.78 Å². The molecule has 0 spiro atoms. The molecule has 1 aromatic heterocycles. The number of Topliss-reactive ketones (excluding diaryl/α,β-unsaturated/α-hetero) is 1. The van der Waals surface area contributed by atoms with E-state index in [2.05, 4.69) is 25.3 Å². The summed E-state index contributed by atoms with van der Waals surface area (Å²) in [6, 6.07) is 2.04. The fourth-order valence-electron chi connectivity index (χ4n) is 2.27. The summed E-state index contributed by atoms with van der Waals surface area (Å²) in [5, 5.41) is 0. The first kappa shape index (κ1) is 15.4. The van der Waals surface area contributed by atoms with Crippen LogP contribution in [0.15, 0.2) is 6.07 Å². The zero-order chi connectivity index (χ0) is 13.5. The van der Waals surface area contributed by atoms with Crippen molar-refractivity contribution in [2.45, 2.75) is 53.5 Å². The van der Waals surface area contributed by atoms with Gasteiger partial charge in [0.1, 0.15) is 0 Å². The average molecular weight is 267 g/mol. The van der Waals surface area contributed by atoms with E-state index in [0.717, 1.165) is 23.6 Å². The second-order valence-corrected chi connectivity index (χ2v) is 5.82. The van der Waals surface area contributed by atoms with Gasteiger partial charge < -0.3 is 4.57 Å². The number of unbranched alkanes of at least 4 members (excludes halogenated alkanes) is 2. The minimum Gasteiger partial charge on any atom is -0.349 e. The molecule has 3 heteroatoms. The van der Waals surface area contributed by atoms with E-state index in [9.17, 15) is 4.79 Å². The first-order valence-electron chi connectivity index (χ1n) is 6.89. The number of hydrogen-bond donors (Lipinski definition) is 0. The van der Waals surface area contributed by atoms with Crippen LogP contribution in [-0.2, 0) is 6.54 Å². The van der Waals surface area contributed by atoms with Crippen molar-refractivity contribution < 1.29 is 4.79 Å². The van der Waals surface area contributed by atoms with Crippen LogP contribution in [0.5, 0.6) is 0 Å². The third kappa shape index (κ3) is 3.91. The minimum absolute atomic E-state index is 0.282. The van der Waals surface area contributed by atoms with E-state index in [4.69, 9.17) is 0 Å². The van der Waals surface area contributed by atoms with Crippen molar-refractivity contribution >= 4 is 17.5 Å². The summed E-state index contributed by atoms with van der Waals surface area (Å²) in [6.07, 6.45) is 3.74. The predicted molar refractivity (Wildman–Crippen MR) is 80.8 cm³/mol. The zero-order valence-electron chi connectivity index (χ0n) is 12.1. The second kappa shape index (κ2) is 7.67. The van der Waals surface area contributed by atoms with Crippen LogP contribution in [0, 0.1) is 13.8 Å². The lowest BCUT2D eigenvalue weighted by Gasteiger charge is -2.05. The lowest BCUT2D eigenvalue weighted by molar-refractivity contribution is 0.102. The van der Waals surface area contributed by atoms with E-state index in [1.54, 1.807) is 11.8 Å². The molecule has 18 heavy (non-hydrogen) atoms. The van der Waals surface area contributed by atoms with Gasteiger partial charge in [-0.25, -0.2) is 0 Å². The first-order chi connectivity index (χ1) is 8.61. The van der Waals surface area contributed by atoms with Crippen molar-refractivity contribution in [3.63, 3.8) is 0 Å². The molecule has 0 aliphatic carbocycles. The third-order valence-electron chi connectivity index (χ3n) is 3.32. The van der Waals surface area contributed by atoms with Gasteiger partial charge in [0, 0.05) is 23.5 Å². The standard InChI is InChI=1S/C15H25NOS/c1-5-7-8-9-18-11-15(17)14-10-12(3)16(6-2)13(14)4/h10H,5-9,11H2,1-4H3. The number of ketones is 1. The molecule has 0 fully saturated rings. The Morgan fingerprint density at radius 2 is 2.00 bits per heavy atom. The van der Waals surface area contributed by atoms with Gasteiger partial charge in [-0.3, -0.25) is 4.79 Å². The van der Waals surface area contributed by atoms with Gasteiger partial charge in [-0.1, -0.05) is 19.8 Å². The molecule has 0 radical (unpaired) electrons. The summed E-state index contributed by atoms with van der Waals surface area (Å²) in [4.78, 5) is 12.1. The summed E-state index contributed by atoms with van der Waals surface area (Å²) in [6.45, 7) is 9.38. The quantitative estimate of drug-likeness (QED) is 0.519. The summed E-state index contributed by atoms with van der Waals surface area (Å²) in [7, 11) is 0. The lowest BCUT2D eigenvalue weighted by Crippen LogP contribution is -2.06. The molecule has 1 aromatic rings. The van der Waals surface area contributed by atoms with Gasteiger partial charge in [0.25, 0.3) is 0 Å². The van der Waals surface area contributed by atoms with Gasteiger partial charge in [0.15, 0.2) is 5.78 Å². The Morgan fingerprint density at radius 3 is 2.56 bits per heavy atom. The van der Waals surface area contributed by atoms with E-state index >= 15 is 0 Å². The molecule has 0 amide bonds. The lowest BCUT2D eigenvalue weighted by atomic mass is 10.2. The molecule has 0 unspecified atom stereocenters. The molecule has 0 saturated heterocycles. The molecule has 1 heterocycles. The van der Waals surface area contributed by atoms with Crippen molar-refractivity contribution in [2.75, 3.05) is 11.5 Å². The monoisotopic (exact) mass is 267 g/mol. The van der Waals surface area contributed by atoms with E-state index in [1.807, 2.05) is 13.0 Å². The number of aromatic nitrogens is 1. The highest BCUT2D eigenvalue weighted by atomic mass is 32.2. The number of nitrogens with zero attached hydrogens (tertiary/aromatic N) is 1. The molecule has 0 atom stereocenters. The van der Waals surface area contributed by atoms with Crippen LogP contribution >= 0.6 is 11.8 Å². The van der Waals surface area contributed by atoms with Crippen LogP contribution in [0.25, 0.3) is 0 Å². The summed E-state index contributed by atoms with van der Waals surface area (Å²) < 4.78 is 2.20. The highest BCUT2D eigenvalue weighted by molar-refractivity contribution is 7.99. The Hall–Kier alpha value is -0.700. The number of rotatable bonds is 8. The number of carbonyl (C=O) groups excluding carboxylic acids is 1. The molecule has 0 saturated carbocycles. The van der Waals surface area contributed by atoms with Crippen molar-refractivity contribution in [1.82, 2.24) is 4.57 Å². The normalized spacial score (nSPS) is 10.9. The molecule has 2 nitrogen and oxygen atoms in total. The number of carbonyl (C=O) groups is 1. The largest absolute Gasteiger partial charge is 0.349 e. The van der Waals surface area contributed by atoms with E-state index in [1.165, 1.54) is 25.0 Å². The fourth-order valence-corrected chi connectivity index (χ4v) is 3.16. The topological polar surface area (TPSA) is 22.0 Å². The minimum atomic E-state index is 0.282. The van der Waals surface area contributed by atoms with Crippen LogP contribution < -0.4 is 0 Å². The molecule has 0 aliphatic heterocycles. The van der Waals surface area contributed by atoms with E-state index in [0.29, 0.717) is 5.75 Å². The van der Waals surface area contributed by atoms with Gasteiger partial charge in [0.05, 0.1) is 5.75 Å². The summed E-state index contributed by atoms with van der Waals surface area (Å²) >= 11 is 1.77. The van der Waals surface area contributed by atoms with Gasteiger partial charge in [-0.05, 0) is 39.0 Å². The Morgan fingerprint density at radius 1 is 1.28 bits per heavy atom. The van der Waals surface area contributed by atoms with Crippen molar-refractivity contribution in [1.29, 1.82) is 0 Å². The highest BCUT2D eigenvalue weighted by Crippen LogP contribution is 2.18. The maximum absolute atomic E-state index is 12.1. The molecule has 102 valence electrons. The van der Waals surface area contributed by atoms with Gasteiger partial charge in [-0.2, -0.15) is 11.8 Å². The molecular formula is C15H25NOS. The summed E-state index contributed by atoms with van der Waals surface area (Å²) in [5.74, 6) is 2.01. The highest BCUT2D eigenvalue weighted by Gasteiger charge is 2.14. The summed E-state index contributed by atoms with van der Waals surface area (Å²) in [5.41, 5.74) is 3.22. The van der Waals surface area contributed by atoms with Gasteiger partial charge in [-0.15, -0.1) is 0 Å². The van der Waals surface area contributed by atoms with Gasteiger partial charge >= 0.3 is 0 Å². The maximum Gasteiger partial charge on any atom is 0.174 e. The third-order valence-corrected chi connectivity index (χ3v) is 4.36. The van der Waals surface area contributed by atoms with E-state index < -0.39 is 0 Å². The van der Waals surface area contributed by atoms with Crippen LogP contribution in [0.4, 0.5) is 0 Å². The van der Waals surface area contributed by atoms with Crippen LogP contribution in [0.1, 0.15) is 54.9 Å². The molecule has 1 rings (SSSR count). The second-order valence-electron chi connectivity index (χ2n) is 4.71. The maximum atomic E-state index is 12.1.